The van der Waals surface area contributed by atoms with Crippen LogP contribution >= 0.6 is 0 Å². The van der Waals surface area contributed by atoms with Gasteiger partial charge in [0.05, 0.1) is 5.56 Å². The molecule has 3 N–H and O–H groups in total. The van der Waals surface area contributed by atoms with Crippen LogP contribution in [0.3, 0.4) is 0 Å². The van der Waals surface area contributed by atoms with E-state index in [1.165, 1.54) is 0 Å². The van der Waals surface area contributed by atoms with E-state index in [0.29, 0.717) is 23.1 Å². The van der Waals surface area contributed by atoms with Crippen molar-refractivity contribution in [2.24, 2.45) is 0 Å². The van der Waals surface area contributed by atoms with Crippen molar-refractivity contribution in [1.29, 1.82) is 0 Å². The molecule has 0 saturated heterocycles. The van der Waals surface area contributed by atoms with E-state index in [2.05, 4.69) is 20.3 Å². The number of hydrogen-bond donors (Lipinski definition) is 2. The van der Waals surface area contributed by atoms with Gasteiger partial charge in [0.15, 0.2) is 12.1 Å². The first kappa shape index (κ1) is 17.4. The third kappa shape index (κ3) is 3.73. The lowest BCUT2D eigenvalue weighted by molar-refractivity contribution is 0.112. The molecule has 7 heteroatoms. The van der Waals surface area contributed by atoms with Gasteiger partial charge < -0.3 is 15.8 Å². The molecule has 7 nitrogen and oxygen atoms in total. The normalized spacial score (nSPS) is 10.6. The highest BCUT2D eigenvalue weighted by atomic mass is 16.5. The molecule has 4 rings (SSSR count). The second-order valence-electron chi connectivity index (χ2n) is 6.03. The van der Waals surface area contributed by atoms with E-state index in [-0.39, 0.29) is 12.6 Å². The van der Waals surface area contributed by atoms with Crippen molar-refractivity contribution in [3.8, 4) is 5.75 Å². The zero-order valence-electron chi connectivity index (χ0n) is 14.9. The first-order valence-electron chi connectivity index (χ1n) is 8.65. The zero-order chi connectivity index (χ0) is 19.3. The second-order valence-corrected chi connectivity index (χ2v) is 6.03. The molecular formula is C21H17N5O2. The maximum atomic E-state index is 11.6. The third-order valence-electron chi connectivity index (χ3n) is 4.13. The van der Waals surface area contributed by atoms with Crippen LogP contribution in [0.2, 0.25) is 0 Å². The minimum atomic E-state index is 0.0510. The minimum absolute atomic E-state index is 0.0510. The number of ether oxygens (including phenoxy) is 1. The van der Waals surface area contributed by atoms with Crippen molar-refractivity contribution < 1.29 is 9.53 Å². The van der Waals surface area contributed by atoms with Gasteiger partial charge in [0.1, 0.15) is 12.4 Å². The van der Waals surface area contributed by atoms with Gasteiger partial charge in [-0.2, -0.15) is 15.0 Å². The number of carbonyl (C=O) groups is 1. The number of aldehydes is 1. The highest BCUT2D eigenvalue weighted by molar-refractivity contribution is 6.00. The largest absolute Gasteiger partial charge is 0.485 e. The summed E-state index contributed by atoms with van der Waals surface area (Å²) >= 11 is 0. The number of nitrogen functional groups attached to an aromatic ring is 1. The van der Waals surface area contributed by atoms with Gasteiger partial charge in [-0.25, -0.2) is 0 Å². The topological polar surface area (TPSA) is 103 Å². The number of aromatic nitrogens is 3. The highest BCUT2D eigenvalue weighted by Crippen LogP contribution is 2.27. The fraction of sp³-hybridized carbons (Fsp3) is 0.0476. The van der Waals surface area contributed by atoms with Crippen molar-refractivity contribution in [3.63, 3.8) is 0 Å². The molecule has 0 fully saturated rings. The Balaban J connectivity index is 1.57. The number of hydrogen-bond acceptors (Lipinski definition) is 7. The fourth-order valence-corrected chi connectivity index (χ4v) is 2.87. The fourth-order valence-electron chi connectivity index (χ4n) is 2.87. The molecule has 3 aromatic carbocycles. The number of nitrogens with one attached hydrogen (secondary N) is 1. The molecule has 0 amide bonds. The van der Waals surface area contributed by atoms with Crippen molar-refractivity contribution in [3.05, 3.63) is 78.1 Å². The first-order chi connectivity index (χ1) is 13.7. The molecule has 1 aromatic heterocycles. The summed E-state index contributed by atoms with van der Waals surface area (Å²) in [4.78, 5) is 24.1. The molecule has 0 spiro atoms. The van der Waals surface area contributed by atoms with Crippen molar-refractivity contribution in [2.75, 3.05) is 11.1 Å². The molecule has 0 radical (unpaired) electrons. The Hall–Kier alpha value is -4.00. The molecule has 0 atom stereocenters. The van der Waals surface area contributed by atoms with Gasteiger partial charge >= 0.3 is 0 Å². The van der Waals surface area contributed by atoms with Crippen molar-refractivity contribution in [2.45, 2.75) is 6.61 Å². The van der Waals surface area contributed by atoms with Crippen LogP contribution in [-0.2, 0) is 6.61 Å². The SMILES string of the molecule is Nc1nc(COc2ccc3ccccc3c2C=O)nc(Nc2ccccc2)n1. The highest BCUT2D eigenvalue weighted by Gasteiger charge is 2.10. The smallest absolute Gasteiger partial charge is 0.232 e. The van der Waals surface area contributed by atoms with Gasteiger partial charge in [0.2, 0.25) is 11.9 Å². The van der Waals surface area contributed by atoms with Gasteiger partial charge in [0.25, 0.3) is 0 Å². The standard InChI is InChI=1S/C21H17N5O2/c22-20-24-19(25-21(26-20)23-15-7-2-1-3-8-15)13-28-18-11-10-14-6-4-5-9-16(14)17(18)12-27/h1-12H,13H2,(H3,22,23,24,25,26). The van der Waals surface area contributed by atoms with E-state index in [1.807, 2.05) is 60.7 Å². The maximum Gasteiger partial charge on any atom is 0.232 e. The lowest BCUT2D eigenvalue weighted by Gasteiger charge is -2.11. The zero-order valence-corrected chi connectivity index (χ0v) is 14.9. The number of nitrogens with zero attached hydrogens (tertiary/aromatic N) is 3. The minimum Gasteiger partial charge on any atom is -0.485 e. The average Bonchev–Trinajstić information content (AvgIpc) is 2.72. The van der Waals surface area contributed by atoms with Crippen LogP contribution in [-0.4, -0.2) is 21.2 Å². The summed E-state index contributed by atoms with van der Waals surface area (Å²) in [5, 5.41) is 4.87. The Kier molecular flexibility index (Phi) is 4.79. The Morgan fingerprint density at radius 2 is 1.71 bits per heavy atom. The number of carbonyl (C=O) groups excluding carboxylic acids is 1. The number of rotatable bonds is 6. The van der Waals surface area contributed by atoms with Gasteiger partial charge in [-0.05, 0) is 29.0 Å². The molecule has 28 heavy (non-hydrogen) atoms. The summed E-state index contributed by atoms with van der Waals surface area (Å²) in [7, 11) is 0. The number of nitrogens with two attached hydrogens (primary N) is 1. The summed E-state index contributed by atoms with van der Waals surface area (Å²) in [6.07, 6.45) is 0.793. The average molecular weight is 371 g/mol. The molecule has 0 aliphatic carbocycles. The van der Waals surface area contributed by atoms with E-state index in [1.54, 1.807) is 6.07 Å². The quantitative estimate of drug-likeness (QED) is 0.498. The molecule has 0 aliphatic heterocycles. The van der Waals surface area contributed by atoms with E-state index >= 15 is 0 Å². The predicted molar refractivity (Wildman–Crippen MR) is 108 cm³/mol. The monoisotopic (exact) mass is 371 g/mol. The summed E-state index contributed by atoms with van der Waals surface area (Å²) in [5.41, 5.74) is 7.12. The lowest BCUT2D eigenvalue weighted by Crippen LogP contribution is -2.10. The summed E-state index contributed by atoms with van der Waals surface area (Å²) < 4.78 is 5.82. The molecule has 0 bridgehead atoms. The Morgan fingerprint density at radius 3 is 2.54 bits per heavy atom. The van der Waals surface area contributed by atoms with Crippen LogP contribution in [0.1, 0.15) is 16.2 Å². The van der Waals surface area contributed by atoms with Crippen LogP contribution in [0, 0.1) is 0 Å². The Bertz CT molecular complexity index is 1130. The second kappa shape index (κ2) is 7.71. The number of anilines is 3. The molecule has 4 aromatic rings. The van der Waals surface area contributed by atoms with Crippen molar-refractivity contribution >= 4 is 34.6 Å². The predicted octanol–water partition coefficient (Wildman–Crippen LogP) is 3.74. The van der Waals surface area contributed by atoms with Crippen LogP contribution in [0.25, 0.3) is 10.8 Å². The maximum absolute atomic E-state index is 11.6. The number of benzene rings is 3. The lowest BCUT2D eigenvalue weighted by atomic mass is 10.0. The summed E-state index contributed by atoms with van der Waals surface area (Å²) in [6.45, 7) is 0.0510. The summed E-state index contributed by atoms with van der Waals surface area (Å²) in [6, 6.07) is 20.8. The van der Waals surface area contributed by atoms with Crippen molar-refractivity contribution in [1.82, 2.24) is 15.0 Å². The van der Waals surface area contributed by atoms with E-state index in [9.17, 15) is 4.79 Å². The molecular weight excluding hydrogens is 354 g/mol. The van der Waals surface area contributed by atoms with Crippen LogP contribution < -0.4 is 15.8 Å². The van der Waals surface area contributed by atoms with Crippen LogP contribution in [0.4, 0.5) is 17.6 Å². The van der Waals surface area contributed by atoms with E-state index in [4.69, 9.17) is 10.5 Å². The molecule has 0 saturated carbocycles. The summed E-state index contributed by atoms with van der Waals surface area (Å²) in [5.74, 6) is 1.23. The van der Waals surface area contributed by atoms with Gasteiger partial charge in [-0.15, -0.1) is 0 Å². The van der Waals surface area contributed by atoms with Gasteiger partial charge in [-0.3, -0.25) is 4.79 Å². The molecule has 0 aliphatic rings. The molecule has 0 unspecified atom stereocenters. The number of para-hydroxylation sites is 1. The van der Waals surface area contributed by atoms with Crippen LogP contribution in [0.5, 0.6) is 5.75 Å². The number of fused-ring (bicyclic) bond motifs is 1. The molecule has 138 valence electrons. The van der Waals surface area contributed by atoms with Gasteiger partial charge in [0, 0.05) is 5.69 Å². The van der Waals surface area contributed by atoms with E-state index < -0.39 is 0 Å². The van der Waals surface area contributed by atoms with Gasteiger partial charge in [-0.1, -0.05) is 48.5 Å². The Labute approximate surface area is 161 Å². The molecule has 1 heterocycles. The first-order valence-corrected chi connectivity index (χ1v) is 8.65. The third-order valence-corrected chi connectivity index (χ3v) is 4.13. The van der Waals surface area contributed by atoms with E-state index in [0.717, 1.165) is 22.7 Å². The Morgan fingerprint density at radius 1 is 0.929 bits per heavy atom. The van der Waals surface area contributed by atoms with Crippen LogP contribution in [0.15, 0.2) is 66.7 Å².